The molecule has 0 saturated heterocycles. The van der Waals surface area contributed by atoms with Crippen LogP contribution in [-0.4, -0.2) is 18.1 Å². The third-order valence-electron chi connectivity index (χ3n) is 2.53. The summed E-state index contributed by atoms with van der Waals surface area (Å²) in [6.07, 6.45) is 4.32. The number of anilines is 1. The molecule has 1 heterocycles. The molecule has 0 spiro atoms. The van der Waals surface area contributed by atoms with Gasteiger partial charge in [0.05, 0.1) is 4.47 Å². The Bertz CT molecular complexity index is 312. The molecule has 0 N–H and O–H groups in total. The van der Waals surface area contributed by atoms with Crippen molar-refractivity contribution in [2.75, 3.05) is 18.0 Å². The summed E-state index contributed by atoms with van der Waals surface area (Å²) in [5.74, 6) is 1.07. The highest BCUT2D eigenvalue weighted by Gasteiger charge is 2.10. The third kappa shape index (κ3) is 3.20. The first-order chi connectivity index (χ1) is 7.20. The second kappa shape index (κ2) is 6.11. The normalized spacial score (nSPS) is 10.4. The van der Waals surface area contributed by atoms with Crippen molar-refractivity contribution in [2.45, 2.75) is 33.6 Å². The first kappa shape index (κ1) is 12.5. The van der Waals surface area contributed by atoms with E-state index in [1.165, 1.54) is 18.4 Å². The number of nitrogens with zero attached hydrogens (tertiary/aromatic N) is 2. The monoisotopic (exact) mass is 270 g/mol. The molecule has 0 radical (unpaired) electrons. The highest BCUT2D eigenvalue weighted by Crippen LogP contribution is 2.26. The van der Waals surface area contributed by atoms with E-state index in [2.05, 4.69) is 46.6 Å². The van der Waals surface area contributed by atoms with Gasteiger partial charge in [0.15, 0.2) is 0 Å². The van der Waals surface area contributed by atoms with Crippen molar-refractivity contribution in [3.63, 3.8) is 0 Å². The average Bonchev–Trinajstić information content (AvgIpc) is 2.25. The zero-order valence-corrected chi connectivity index (χ0v) is 11.3. The van der Waals surface area contributed by atoms with E-state index >= 15 is 0 Å². The largest absolute Gasteiger partial charge is 0.356 e. The Hall–Kier alpha value is -0.570. The molecule has 2 nitrogen and oxygen atoms in total. The van der Waals surface area contributed by atoms with Gasteiger partial charge in [-0.25, -0.2) is 4.98 Å². The number of hydrogen-bond donors (Lipinski definition) is 0. The zero-order chi connectivity index (χ0) is 11.3. The maximum atomic E-state index is 4.44. The van der Waals surface area contributed by atoms with Crippen LogP contribution < -0.4 is 4.90 Å². The topological polar surface area (TPSA) is 16.1 Å². The summed E-state index contributed by atoms with van der Waals surface area (Å²) in [6.45, 7) is 8.58. The predicted octanol–water partition coefficient (Wildman–Crippen LogP) is 3.78. The lowest BCUT2D eigenvalue weighted by atomic mass is 10.2. The fourth-order valence-electron chi connectivity index (χ4n) is 1.51. The van der Waals surface area contributed by atoms with E-state index in [4.69, 9.17) is 0 Å². The highest BCUT2D eigenvalue weighted by molar-refractivity contribution is 9.10. The first-order valence-corrected chi connectivity index (χ1v) is 6.36. The molecule has 0 bridgehead atoms. The van der Waals surface area contributed by atoms with Gasteiger partial charge >= 0.3 is 0 Å². The van der Waals surface area contributed by atoms with Gasteiger partial charge in [0.2, 0.25) is 0 Å². The number of hydrogen-bond acceptors (Lipinski definition) is 2. The molecule has 0 unspecified atom stereocenters. The van der Waals surface area contributed by atoms with Gasteiger partial charge in [-0.1, -0.05) is 13.3 Å². The van der Waals surface area contributed by atoms with Crippen molar-refractivity contribution in [2.24, 2.45) is 0 Å². The molecule has 1 aromatic rings. The maximum Gasteiger partial charge on any atom is 0.143 e. The number of pyridine rings is 1. The van der Waals surface area contributed by atoms with Crippen LogP contribution in [0.3, 0.4) is 0 Å². The Morgan fingerprint density at radius 1 is 1.40 bits per heavy atom. The second-order valence-electron chi connectivity index (χ2n) is 3.70. The zero-order valence-electron chi connectivity index (χ0n) is 9.76. The molecule has 0 saturated carbocycles. The SMILES string of the molecule is CCCCN(CC)c1nccc(C)c1Br. The van der Waals surface area contributed by atoms with E-state index in [-0.39, 0.29) is 0 Å². The van der Waals surface area contributed by atoms with Gasteiger partial charge in [0.1, 0.15) is 5.82 Å². The van der Waals surface area contributed by atoms with Crippen molar-refractivity contribution in [3.05, 3.63) is 22.3 Å². The summed E-state index contributed by atoms with van der Waals surface area (Å²) < 4.78 is 1.13. The standard InChI is InChI=1S/C12H19BrN2/c1-4-6-9-15(5-2)12-11(13)10(3)7-8-14-12/h7-8H,4-6,9H2,1-3H3. The summed E-state index contributed by atoms with van der Waals surface area (Å²) in [5, 5.41) is 0. The molecule has 0 aromatic carbocycles. The molecule has 0 amide bonds. The van der Waals surface area contributed by atoms with Crippen molar-refractivity contribution in [1.29, 1.82) is 0 Å². The van der Waals surface area contributed by atoms with Crippen molar-refractivity contribution in [1.82, 2.24) is 4.98 Å². The lowest BCUT2D eigenvalue weighted by Crippen LogP contribution is -2.25. The van der Waals surface area contributed by atoms with E-state index < -0.39 is 0 Å². The van der Waals surface area contributed by atoms with Crippen molar-refractivity contribution < 1.29 is 0 Å². The number of unbranched alkanes of at least 4 members (excludes halogenated alkanes) is 1. The molecule has 84 valence electrons. The van der Waals surface area contributed by atoms with Gasteiger partial charge in [-0.2, -0.15) is 0 Å². The molecule has 0 atom stereocenters. The quantitative estimate of drug-likeness (QED) is 0.810. The Balaban J connectivity index is 2.86. The lowest BCUT2D eigenvalue weighted by Gasteiger charge is -2.23. The minimum Gasteiger partial charge on any atom is -0.356 e. The van der Waals surface area contributed by atoms with Gasteiger partial charge in [0.25, 0.3) is 0 Å². The fraction of sp³-hybridized carbons (Fsp3) is 0.583. The Morgan fingerprint density at radius 3 is 2.73 bits per heavy atom. The minimum atomic E-state index is 1.01. The molecular weight excluding hydrogens is 252 g/mol. The Morgan fingerprint density at radius 2 is 2.13 bits per heavy atom. The van der Waals surface area contributed by atoms with Crippen molar-refractivity contribution in [3.8, 4) is 0 Å². The number of rotatable bonds is 5. The molecule has 1 aromatic heterocycles. The van der Waals surface area contributed by atoms with Gasteiger partial charge < -0.3 is 4.90 Å². The summed E-state index contributed by atoms with van der Waals surface area (Å²) in [4.78, 5) is 6.76. The summed E-state index contributed by atoms with van der Waals surface area (Å²) >= 11 is 3.61. The lowest BCUT2D eigenvalue weighted by molar-refractivity contribution is 0.722. The summed E-state index contributed by atoms with van der Waals surface area (Å²) in [5.41, 5.74) is 1.25. The first-order valence-electron chi connectivity index (χ1n) is 5.56. The van der Waals surface area contributed by atoms with Crippen LogP contribution in [0.4, 0.5) is 5.82 Å². The van der Waals surface area contributed by atoms with Gasteiger partial charge in [0, 0.05) is 19.3 Å². The van der Waals surface area contributed by atoms with Crippen LogP contribution >= 0.6 is 15.9 Å². The van der Waals surface area contributed by atoms with Crippen LogP contribution in [0.2, 0.25) is 0 Å². The van der Waals surface area contributed by atoms with Crippen LogP contribution in [0.5, 0.6) is 0 Å². The third-order valence-corrected chi connectivity index (χ3v) is 3.51. The van der Waals surface area contributed by atoms with Crippen LogP contribution in [0.15, 0.2) is 16.7 Å². The summed E-state index contributed by atoms with van der Waals surface area (Å²) in [7, 11) is 0. The van der Waals surface area contributed by atoms with Crippen molar-refractivity contribution >= 4 is 21.7 Å². The molecule has 1 rings (SSSR count). The van der Waals surface area contributed by atoms with E-state index in [9.17, 15) is 0 Å². The molecule has 3 heteroatoms. The van der Waals surface area contributed by atoms with Gasteiger partial charge in [-0.05, 0) is 47.8 Å². The molecule has 15 heavy (non-hydrogen) atoms. The van der Waals surface area contributed by atoms with Gasteiger partial charge in [-0.15, -0.1) is 0 Å². The fourth-order valence-corrected chi connectivity index (χ4v) is 1.99. The molecule has 0 aliphatic heterocycles. The smallest absolute Gasteiger partial charge is 0.143 e. The van der Waals surface area contributed by atoms with Gasteiger partial charge in [-0.3, -0.25) is 0 Å². The maximum absolute atomic E-state index is 4.44. The highest BCUT2D eigenvalue weighted by atomic mass is 79.9. The minimum absolute atomic E-state index is 1.01. The van der Waals surface area contributed by atoms with E-state index in [0.717, 1.165) is 23.4 Å². The van der Waals surface area contributed by atoms with Crippen LogP contribution in [0.25, 0.3) is 0 Å². The van der Waals surface area contributed by atoms with Crippen LogP contribution in [0, 0.1) is 6.92 Å². The van der Waals surface area contributed by atoms with E-state index in [1.807, 2.05) is 12.3 Å². The Kier molecular flexibility index (Phi) is 5.09. The number of halogens is 1. The molecular formula is C12H19BrN2. The van der Waals surface area contributed by atoms with Crippen LogP contribution in [-0.2, 0) is 0 Å². The Labute approximate surface area is 101 Å². The number of aromatic nitrogens is 1. The summed E-state index contributed by atoms with van der Waals surface area (Å²) in [6, 6.07) is 2.03. The van der Waals surface area contributed by atoms with E-state index in [0.29, 0.717) is 0 Å². The van der Waals surface area contributed by atoms with E-state index in [1.54, 1.807) is 0 Å². The molecule has 0 aliphatic carbocycles. The predicted molar refractivity (Wildman–Crippen MR) is 69.5 cm³/mol. The van der Waals surface area contributed by atoms with Crippen LogP contribution in [0.1, 0.15) is 32.3 Å². The average molecular weight is 271 g/mol. The second-order valence-corrected chi connectivity index (χ2v) is 4.49. The number of aryl methyl sites for hydroxylation is 1. The molecule has 0 aliphatic rings. The molecule has 0 fully saturated rings.